The van der Waals surface area contributed by atoms with Crippen LogP contribution in [0.25, 0.3) is 0 Å². The Kier molecular flexibility index (Phi) is 5.65. The molecule has 0 aromatic heterocycles. The minimum atomic E-state index is 0.595. The van der Waals surface area contributed by atoms with Gasteiger partial charge >= 0.3 is 0 Å². The lowest BCUT2D eigenvalue weighted by Gasteiger charge is -2.39. The lowest BCUT2D eigenvalue weighted by Crippen LogP contribution is -2.51. The van der Waals surface area contributed by atoms with E-state index in [2.05, 4.69) is 68.1 Å². The zero-order chi connectivity index (χ0) is 15.4. The number of anilines is 1. The molecule has 1 fully saturated rings. The van der Waals surface area contributed by atoms with E-state index in [1.807, 2.05) is 0 Å². The van der Waals surface area contributed by atoms with Crippen molar-refractivity contribution in [1.82, 2.24) is 10.2 Å². The number of rotatable bonds is 5. The lowest BCUT2D eigenvalue weighted by molar-refractivity contribution is 0.212. The zero-order valence-corrected chi connectivity index (χ0v) is 14.3. The summed E-state index contributed by atoms with van der Waals surface area (Å²) in [4.78, 5) is 5.14. The third-order valence-corrected chi connectivity index (χ3v) is 4.92. The number of hydrogen-bond acceptors (Lipinski definition) is 3. The highest BCUT2D eigenvalue weighted by atomic mass is 15.3. The van der Waals surface area contributed by atoms with Crippen molar-refractivity contribution in [3.8, 4) is 0 Å². The molecule has 1 N–H and O–H groups in total. The Balaban J connectivity index is 1.93. The first-order valence-corrected chi connectivity index (χ1v) is 8.23. The predicted molar refractivity (Wildman–Crippen MR) is 92.3 cm³/mol. The second kappa shape index (κ2) is 7.28. The van der Waals surface area contributed by atoms with Crippen molar-refractivity contribution in [1.29, 1.82) is 0 Å². The topological polar surface area (TPSA) is 18.5 Å². The van der Waals surface area contributed by atoms with Crippen LogP contribution in [0, 0.1) is 19.8 Å². The van der Waals surface area contributed by atoms with Gasteiger partial charge in [-0.2, -0.15) is 0 Å². The van der Waals surface area contributed by atoms with E-state index < -0.39 is 0 Å². The first kappa shape index (κ1) is 16.3. The summed E-state index contributed by atoms with van der Waals surface area (Å²) in [5.74, 6) is 0.687. The van der Waals surface area contributed by atoms with Gasteiger partial charge in [0.1, 0.15) is 0 Å². The molecular weight excluding hydrogens is 258 g/mol. The van der Waals surface area contributed by atoms with Gasteiger partial charge in [-0.05, 0) is 44.0 Å². The molecule has 1 aromatic carbocycles. The number of benzene rings is 1. The molecule has 0 aliphatic carbocycles. The van der Waals surface area contributed by atoms with Crippen molar-refractivity contribution in [3.05, 3.63) is 29.3 Å². The van der Waals surface area contributed by atoms with Crippen LogP contribution in [-0.2, 0) is 0 Å². The van der Waals surface area contributed by atoms with Crippen molar-refractivity contribution < 1.29 is 0 Å². The van der Waals surface area contributed by atoms with E-state index in [0.29, 0.717) is 12.0 Å². The lowest BCUT2D eigenvalue weighted by atomic mass is 10.0. The maximum Gasteiger partial charge on any atom is 0.0399 e. The molecule has 0 radical (unpaired) electrons. The van der Waals surface area contributed by atoms with Crippen LogP contribution < -0.4 is 10.2 Å². The maximum absolute atomic E-state index is 3.45. The minimum Gasteiger partial charge on any atom is -0.369 e. The number of nitrogens with one attached hydrogen (secondary N) is 1. The smallest absolute Gasteiger partial charge is 0.0399 e. The minimum absolute atomic E-state index is 0.595. The van der Waals surface area contributed by atoms with Gasteiger partial charge in [0.15, 0.2) is 0 Å². The van der Waals surface area contributed by atoms with Crippen LogP contribution in [0.1, 0.15) is 25.0 Å². The molecule has 0 saturated carbocycles. The molecule has 2 rings (SSSR count). The average Bonchev–Trinajstić information content (AvgIpc) is 2.48. The summed E-state index contributed by atoms with van der Waals surface area (Å²) < 4.78 is 0. The van der Waals surface area contributed by atoms with Crippen LogP contribution in [0.4, 0.5) is 5.69 Å². The Hall–Kier alpha value is -1.06. The molecule has 0 spiro atoms. The molecule has 0 bridgehead atoms. The van der Waals surface area contributed by atoms with E-state index in [4.69, 9.17) is 0 Å². The van der Waals surface area contributed by atoms with Crippen LogP contribution >= 0.6 is 0 Å². The molecule has 3 nitrogen and oxygen atoms in total. The molecular formula is C18H31N3. The molecule has 1 aromatic rings. The van der Waals surface area contributed by atoms with Gasteiger partial charge in [-0.1, -0.05) is 26.0 Å². The predicted octanol–water partition coefficient (Wildman–Crippen LogP) is 2.67. The van der Waals surface area contributed by atoms with Crippen molar-refractivity contribution >= 4 is 5.69 Å². The summed E-state index contributed by atoms with van der Waals surface area (Å²) in [7, 11) is 2.08. The van der Waals surface area contributed by atoms with Crippen molar-refractivity contribution in [2.45, 2.75) is 33.7 Å². The molecule has 1 aliphatic heterocycles. The fraction of sp³-hybridized carbons (Fsp3) is 0.667. The third-order valence-electron chi connectivity index (χ3n) is 4.92. The number of nitrogens with zero attached hydrogens (tertiary/aromatic N) is 2. The summed E-state index contributed by atoms with van der Waals surface area (Å²) >= 11 is 0. The summed E-state index contributed by atoms with van der Waals surface area (Å²) in [5, 5.41) is 3.45. The molecule has 21 heavy (non-hydrogen) atoms. The molecule has 1 saturated heterocycles. The number of aryl methyl sites for hydroxylation is 1. The monoisotopic (exact) mass is 289 g/mol. The Bertz CT molecular complexity index is 448. The van der Waals surface area contributed by atoms with Gasteiger partial charge < -0.3 is 10.2 Å². The number of piperazine rings is 1. The van der Waals surface area contributed by atoms with E-state index >= 15 is 0 Å². The molecule has 1 heterocycles. The Morgan fingerprint density at radius 3 is 2.33 bits per heavy atom. The standard InChI is InChI=1S/C18H31N3/c1-14(2)17(19-5)13-20-9-11-21(12-10-20)18-8-6-7-15(3)16(18)4/h6-8,14,17,19H,9-13H2,1-5H3. The van der Waals surface area contributed by atoms with Crippen LogP contribution in [0.2, 0.25) is 0 Å². The van der Waals surface area contributed by atoms with Crippen molar-refractivity contribution in [2.24, 2.45) is 5.92 Å². The number of likely N-dealkylation sites (N-methyl/N-ethyl adjacent to an activating group) is 1. The van der Waals surface area contributed by atoms with Gasteiger partial charge in [0.25, 0.3) is 0 Å². The van der Waals surface area contributed by atoms with Gasteiger partial charge in [-0.15, -0.1) is 0 Å². The summed E-state index contributed by atoms with van der Waals surface area (Å²) in [5.41, 5.74) is 4.25. The first-order chi connectivity index (χ1) is 10.0. The van der Waals surface area contributed by atoms with E-state index in [-0.39, 0.29) is 0 Å². The van der Waals surface area contributed by atoms with Crippen LogP contribution in [-0.4, -0.2) is 50.7 Å². The second-order valence-electron chi connectivity index (χ2n) is 6.65. The quantitative estimate of drug-likeness (QED) is 0.899. The highest BCUT2D eigenvalue weighted by Gasteiger charge is 2.21. The SMILES string of the molecule is CNC(CN1CCN(c2cccc(C)c2C)CC1)C(C)C. The van der Waals surface area contributed by atoms with E-state index in [0.717, 1.165) is 32.7 Å². The van der Waals surface area contributed by atoms with Crippen LogP contribution in [0.5, 0.6) is 0 Å². The van der Waals surface area contributed by atoms with Gasteiger partial charge in [-0.3, -0.25) is 4.90 Å². The highest BCUT2D eigenvalue weighted by Crippen LogP contribution is 2.24. The molecule has 1 aliphatic rings. The summed E-state index contributed by atoms with van der Waals surface area (Å²) in [6.45, 7) is 14.8. The Morgan fingerprint density at radius 1 is 1.10 bits per heavy atom. The van der Waals surface area contributed by atoms with E-state index in [1.165, 1.54) is 16.8 Å². The second-order valence-corrected chi connectivity index (χ2v) is 6.65. The van der Waals surface area contributed by atoms with E-state index in [1.54, 1.807) is 0 Å². The summed E-state index contributed by atoms with van der Waals surface area (Å²) in [6.07, 6.45) is 0. The van der Waals surface area contributed by atoms with E-state index in [9.17, 15) is 0 Å². The maximum atomic E-state index is 3.45. The van der Waals surface area contributed by atoms with Crippen molar-refractivity contribution in [2.75, 3.05) is 44.7 Å². The van der Waals surface area contributed by atoms with Gasteiger partial charge in [0, 0.05) is 44.5 Å². The highest BCUT2D eigenvalue weighted by molar-refractivity contribution is 5.56. The molecule has 1 atom stereocenters. The largest absolute Gasteiger partial charge is 0.369 e. The van der Waals surface area contributed by atoms with Crippen LogP contribution in [0.15, 0.2) is 18.2 Å². The molecule has 3 heteroatoms. The van der Waals surface area contributed by atoms with Gasteiger partial charge in [-0.25, -0.2) is 0 Å². The fourth-order valence-electron chi connectivity index (χ4n) is 3.16. The third kappa shape index (κ3) is 3.98. The van der Waals surface area contributed by atoms with Gasteiger partial charge in [0.2, 0.25) is 0 Å². The van der Waals surface area contributed by atoms with Crippen LogP contribution in [0.3, 0.4) is 0 Å². The number of hydrogen-bond donors (Lipinski definition) is 1. The first-order valence-electron chi connectivity index (χ1n) is 8.23. The summed E-state index contributed by atoms with van der Waals surface area (Å²) in [6, 6.07) is 7.25. The molecule has 1 unspecified atom stereocenters. The normalized spacial score (nSPS) is 18.3. The molecule has 118 valence electrons. The Labute approximate surface area is 130 Å². The zero-order valence-electron chi connectivity index (χ0n) is 14.3. The van der Waals surface area contributed by atoms with Gasteiger partial charge in [0.05, 0.1) is 0 Å². The molecule has 0 amide bonds. The average molecular weight is 289 g/mol. The van der Waals surface area contributed by atoms with Crippen molar-refractivity contribution in [3.63, 3.8) is 0 Å². The fourth-order valence-corrected chi connectivity index (χ4v) is 3.16. The Morgan fingerprint density at radius 2 is 1.76 bits per heavy atom.